The SMILES string of the molecule is CC(NCC(NC(=O)OC(C)(C)C)C1CC1)C(F)F. The molecule has 0 heterocycles. The van der Waals surface area contributed by atoms with E-state index in [9.17, 15) is 13.6 Å². The molecule has 0 saturated heterocycles. The summed E-state index contributed by atoms with van der Waals surface area (Å²) >= 11 is 0. The standard InChI is InChI=1S/C13H24F2N2O2/c1-8(11(14)15)16-7-10(9-5-6-9)17-12(18)19-13(2,3)4/h8-11,16H,5-7H2,1-4H3,(H,17,18). The number of rotatable bonds is 6. The molecule has 0 bridgehead atoms. The Kier molecular flexibility index (Phi) is 5.52. The average Bonchev–Trinajstić information content (AvgIpc) is 3.04. The maximum Gasteiger partial charge on any atom is 0.407 e. The van der Waals surface area contributed by atoms with Gasteiger partial charge in [-0.15, -0.1) is 0 Å². The third-order valence-corrected chi connectivity index (χ3v) is 2.93. The van der Waals surface area contributed by atoms with Crippen LogP contribution in [-0.4, -0.2) is 36.7 Å². The maximum atomic E-state index is 12.4. The van der Waals surface area contributed by atoms with Crippen LogP contribution in [0.25, 0.3) is 0 Å². The number of amides is 1. The Balaban J connectivity index is 2.39. The average molecular weight is 278 g/mol. The summed E-state index contributed by atoms with van der Waals surface area (Å²) in [5.41, 5.74) is -0.554. The number of alkyl halides is 2. The molecule has 0 aromatic carbocycles. The zero-order valence-electron chi connectivity index (χ0n) is 12.0. The Morgan fingerprint density at radius 3 is 2.37 bits per heavy atom. The lowest BCUT2D eigenvalue weighted by atomic mass is 10.1. The molecule has 0 radical (unpaired) electrons. The number of ether oxygens (including phenoxy) is 1. The second-order valence-corrected chi connectivity index (χ2v) is 6.12. The normalized spacial score (nSPS) is 19.1. The van der Waals surface area contributed by atoms with Crippen molar-refractivity contribution in [3.63, 3.8) is 0 Å². The fourth-order valence-electron chi connectivity index (χ4n) is 1.70. The van der Waals surface area contributed by atoms with E-state index in [0.717, 1.165) is 12.8 Å². The molecule has 1 aliphatic rings. The van der Waals surface area contributed by atoms with E-state index < -0.39 is 24.2 Å². The van der Waals surface area contributed by atoms with Gasteiger partial charge in [0.2, 0.25) is 0 Å². The van der Waals surface area contributed by atoms with Crippen LogP contribution in [0.4, 0.5) is 13.6 Å². The molecule has 2 atom stereocenters. The van der Waals surface area contributed by atoms with Gasteiger partial charge in [0.25, 0.3) is 6.43 Å². The van der Waals surface area contributed by atoms with Gasteiger partial charge in [0.05, 0.1) is 6.04 Å². The Labute approximate surface area is 113 Å². The van der Waals surface area contributed by atoms with Gasteiger partial charge in [-0.25, -0.2) is 13.6 Å². The summed E-state index contributed by atoms with van der Waals surface area (Å²) in [5.74, 6) is 0.366. The van der Waals surface area contributed by atoms with E-state index in [1.54, 1.807) is 20.8 Å². The van der Waals surface area contributed by atoms with Crippen LogP contribution >= 0.6 is 0 Å². The highest BCUT2D eigenvalue weighted by Gasteiger charge is 2.33. The van der Waals surface area contributed by atoms with E-state index in [2.05, 4.69) is 10.6 Å². The minimum Gasteiger partial charge on any atom is -0.444 e. The molecule has 0 aromatic heterocycles. The first-order chi connectivity index (χ1) is 8.69. The van der Waals surface area contributed by atoms with Crippen LogP contribution in [-0.2, 0) is 4.74 Å². The van der Waals surface area contributed by atoms with Crippen LogP contribution in [0.3, 0.4) is 0 Å². The molecule has 19 heavy (non-hydrogen) atoms. The van der Waals surface area contributed by atoms with Crippen LogP contribution in [0.2, 0.25) is 0 Å². The largest absolute Gasteiger partial charge is 0.444 e. The number of nitrogens with one attached hydrogen (secondary N) is 2. The molecule has 1 amide bonds. The van der Waals surface area contributed by atoms with Gasteiger partial charge in [-0.2, -0.15) is 0 Å². The van der Waals surface area contributed by atoms with Gasteiger partial charge < -0.3 is 15.4 Å². The summed E-state index contributed by atoms with van der Waals surface area (Å²) in [6, 6.07) is -1.02. The zero-order chi connectivity index (χ0) is 14.6. The van der Waals surface area contributed by atoms with E-state index in [-0.39, 0.29) is 6.04 Å². The number of carbonyl (C=O) groups excluding carboxylic acids is 1. The van der Waals surface area contributed by atoms with E-state index in [1.165, 1.54) is 6.92 Å². The summed E-state index contributed by atoms with van der Waals surface area (Å²) < 4.78 is 30.0. The van der Waals surface area contributed by atoms with Crippen LogP contribution < -0.4 is 10.6 Å². The Morgan fingerprint density at radius 1 is 1.37 bits per heavy atom. The maximum absolute atomic E-state index is 12.4. The summed E-state index contributed by atoms with van der Waals surface area (Å²) in [5, 5.41) is 5.51. The van der Waals surface area contributed by atoms with Gasteiger partial charge in [-0.05, 0) is 46.5 Å². The fraction of sp³-hybridized carbons (Fsp3) is 0.923. The van der Waals surface area contributed by atoms with Crippen LogP contribution in [0.5, 0.6) is 0 Å². The molecular weight excluding hydrogens is 254 g/mol. The number of hydrogen-bond donors (Lipinski definition) is 2. The molecule has 1 aliphatic carbocycles. The van der Waals surface area contributed by atoms with Crippen molar-refractivity contribution in [3.05, 3.63) is 0 Å². The minimum absolute atomic E-state index is 0.143. The summed E-state index contributed by atoms with van der Waals surface area (Å²) in [4.78, 5) is 11.7. The molecule has 0 aromatic rings. The fourth-order valence-corrected chi connectivity index (χ4v) is 1.70. The summed E-state index contributed by atoms with van der Waals surface area (Å²) in [6.45, 7) is 7.14. The quantitative estimate of drug-likeness (QED) is 0.785. The molecular formula is C13H24F2N2O2. The van der Waals surface area contributed by atoms with Gasteiger partial charge in [0.15, 0.2) is 0 Å². The predicted octanol–water partition coefficient (Wildman–Crippen LogP) is 2.53. The molecule has 4 nitrogen and oxygen atoms in total. The zero-order valence-corrected chi connectivity index (χ0v) is 12.0. The molecule has 0 aliphatic heterocycles. The lowest BCUT2D eigenvalue weighted by Crippen LogP contribution is -2.48. The van der Waals surface area contributed by atoms with E-state index in [1.807, 2.05) is 0 Å². The first kappa shape index (κ1) is 16.1. The van der Waals surface area contributed by atoms with Crippen molar-refractivity contribution in [2.24, 2.45) is 5.92 Å². The van der Waals surface area contributed by atoms with Crippen LogP contribution in [0, 0.1) is 5.92 Å². The Hall–Kier alpha value is -0.910. The highest BCUT2D eigenvalue weighted by atomic mass is 19.3. The third-order valence-electron chi connectivity index (χ3n) is 2.93. The predicted molar refractivity (Wildman–Crippen MR) is 69.4 cm³/mol. The van der Waals surface area contributed by atoms with Crippen molar-refractivity contribution >= 4 is 6.09 Å². The second kappa shape index (κ2) is 6.50. The van der Waals surface area contributed by atoms with Crippen molar-refractivity contribution < 1.29 is 18.3 Å². The molecule has 1 saturated carbocycles. The summed E-state index contributed by atoms with van der Waals surface area (Å²) in [6.07, 6.45) is -0.853. The van der Waals surface area contributed by atoms with Gasteiger partial charge >= 0.3 is 6.09 Å². The number of alkyl carbamates (subject to hydrolysis) is 1. The molecule has 0 spiro atoms. The van der Waals surface area contributed by atoms with Gasteiger partial charge in [-0.1, -0.05) is 0 Å². The van der Waals surface area contributed by atoms with Gasteiger partial charge in [0.1, 0.15) is 5.60 Å². The van der Waals surface area contributed by atoms with Crippen molar-refractivity contribution in [1.82, 2.24) is 10.6 Å². The van der Waals surface area contributed by atoms with Crippen LogP contribution in [0.1, 0.15) is 40.5 Å². The van der Waals surface area contributed by atoms with Gasteiger partial charge in [0, 0.05) is 12.6 Å². The summed E-state index contributed by atoms with van der Waals surface area (Å²) in [7, 11) is 0. The topological polar surface area (TPSA) is 50.4 Å². The number of halogens is 2. The molecule has 2 unspecified atom stereocenters. The van der Waals surface area contributed by atoms with E-state index in [4.69, 9.17) is 4.74 Å². The number of hydrogen-bond acceptors (Lipinski definition) is 3. The Morgan fingerprint density at radius 2 is 1.95 bits per heavy atom. The third kappa shape index (κ3) is 6.71. The highest BCUT2D eigenvalue weighted by molar-refractivity contribution is 5.68. The van der Waals surface area contributed by atoms with Crippen molar-refractivity contribution in [3.8, 4) is 0 Å². The van der Waals surface area contributed by atoms with Crippen molar-refractivity contribution in [1.29, 1.82) is 0 Å². The van der Waals surface area contributed by atoms with Crippen LogP contribution in [0.15, 0.2) is 0 Å². The first-order valence-corrected chi connectivity index (χ1v) is 6.70. The lowest BCUT2D eigenvalue weighted by Gasteiger charge is -2.25. The molecule has 112 valence electrons. The van der Waals surface area contributed by atoms with Crippen molar-refractivity contribution in [2.75, 3.05) is 6.54 Å². The molecule has 1 fully saturated rings. The molecule has 1 rings (SSSR count). The minimum atomic E-state index is -2.40. The second-order valence-electron chi connectivity index (χ2n) is 6.12. The van der Waals surface area contributed by atoms with E-state index in [0.29, 0.717) is 12.5 Å². The Bertz CT molecular complexity index is 302. The lowest BCUT2D eigenvalue weighted by molar-refractivity contribution is 0.0492. The van der Waals surface area contributed by atoms with Crippen molar-refractivity contribution in [2.45, 2.75) is 64.6 Å². The highest BCUT2D eigenvalue weighted by Crippen LogP contribution is 2.32. The van der Waals surface area contributed by atoms with E-state index >= 15 is 0 Å². The van der Waals surface area contributed by atoms with Gasteiger partial charge in [-0.3, -0.25) is 0 Å². The number of carbonyl (C=O) groups is 1. The first-order valence-electron chi connectivity index (χ1n) is 6.70. The smallest absolute Gasteiger partial charge is 0.407 e. The monoisotopic (exact) mass is 278 g/mol. The molecule has 2 N–H and O–H groups in total. The molecule has 6 heteroatoms.